The zero-order valence-corrected chi connectivity index (χ0v) is 7.05. The molecule has 1 heterocycles. The molecule has 0 amide bonds. The SMILES string of the molecule is Cc1noc(CCCN)c1C. The summed E-state index contributed by atoms with van der Waals surface area (Å²) >= 11 is 0. The molecule has 0 aromatic carbocycles. The van der Waals surface area contributed by atoms with Crippen LogP contribution in [0.3, 0.4) is 0 Å². The van der Waals surface area contributed by atoms with Gasteiger partial charge in [0.25, 0.3) is 0 Å². The lowest BCUT2D eigenvalue weighted by atomic mass is 10.1. The maximum atomic E-state index is 5.37. The van der Waals surface area contributed by atoms with E-state index in [1.165, 1.54) is 5.56 Å². The van der Waals surface area contributed by atoms with Crippen LogP contribution >= 0.6 is 0 Å². The fraction of sp³-hybridized carbons (Fsp3) is 0.625. The van der Waals surface area contributed by atoms with Crippen molar-refractivity contribution in [1.82, 2.24) is 5.16 Å². The van der Waals surface area contributed by atoms with Gasteiger partial charge in [0, 0.05) is 12.0 Å². The normalized spacial score (nSPS) is 10.5. The molecule has 2 N–H and O–H groups in total. The van der Waals surface area contributed by atoms with Gasteiger partial charge in [0.1, 0.15) is 5.76 Å². The van der Waals surface area contributed by atoms with Crippen molar-refractivity contribution < 1.29 is 4.52 Å². The van der Waals surface area contributed by atoms with Crippen molar-refractivity contribution in [3.05, 3.63) is 17.0 Å². The minimum Gasteiger partial charge on any atom is -0.361 e. The summed E-state index contributed by atoms with van der Waals surface area (Å²) in [6.45, 7) is 4.68. The van der Waals surface area contributed by atoms with Crippen LogP contribution < -0.4 is 5.73 Å². The fourth-order valence-corrected chi connectivity index (χ4v) is 0.958. The number of nitrogens with two attached hydrogens (primary N) is 1. The molecule has 1 rings (SSSR count). The third-order valence-corrected chi connectivity index (χ3v) is 1.86. The molecule has 0 bridgehead atoms. The Labute approximate surface area is 66.6 Å². The summed E-state index contributed by atoms with van der Waals surface area (Å²) in [5.74, 6) is 0.980. The van der Waals surface area contributed by atoms with E-state index in [0.717, 1.165) is 24.3 Å². The number of aryl methyl sites for hydroxylation is 2. The predicted octanol–water partition coefficient (Wildman–Crippen LogP) is 1.18. The van der Waals surface area contributed by atoms with E-state index in [2.05, 4.69) is 5.16 Å². The summed E-state index contributed by atoms with van der Waals surface area (Å²) in [5.41, 5.74) is 7.52. The second-order valence-electron chi connectivity index (χ2n) is 2.71. The van der Waals surface area contributed by atoms with Crippen LogP contribution in [0.5, 0.6) is 0 Å². The molecule has 3 heteroatoms. The van der Waals surface area contributed by atoms with E-state index in [9.17, 15) is 0 Å². The average Bonchev–Trinajstić information content (AvgIpc) is 2.31. The zero-order valence-electron chi connectivity index (χ0n) is 7.05. The van der Waals surface area contributed by atoms with Gasteiger partial charge in [-0.3, -0.25) is 0 Å². The standard InChI is InChI=1S/C8H14N2O/c1-6-7(2)10-11-8(6)4-3-5-9/h3-5,9H2,1-2H3. The molecule has 0 saturated heterocycles. The summed E-state index contributed by atoms with van der Waals surface area (Å²) < 4.78 is 5.09. The van der Waals surface area contributed by atoms with Crippen LogP contribution in [0.1, 0.15) is 23.4 Å². The summed E-state index contributed by atoms with van der Waals surface area (Å²) in [7, 11) is 0. The van der Waals surface area contributed by atoms with Gasteiger partial charge < -0.3 is 10.3 Å². The Morgan fingerprint density at radius 3 is 2.64 bits per heavy atom. The van der Waals surface area contributed by atoms with Crippen LogP contribution in [-0.4, -0.2) is 11.7 Å². The van der Waals surface area contributed by atoms with Gasteiger partial charge in [0.15, 0.2) is 0 Å². The summed E-state index contributed by atoms with van der Waals surface area (Å²) in [4.78, 5) is 0. The van der Waals surface area contributed by atoms with Gasteiger partial charge in [0.05, 0.1) is 5.69 Å². The first kappa shape index (κ1) is 8.27. The molecule has 0 radical (unpaired) electrons. The van der Waals surface area contributed by atoms with Crippen molar-refractivity contribution in [2.24, 2.45) is 5.73 Å². The zero-order chi connectivity index (χ0) is 8.27. The Morgan fingerprint density at radius 1 is 1.45 bits per heavy atom. The quantitative estimate of drug-likeness (QED) is 0.711. The van der Waals surface area contributed by atoms with E-state index in [4.69, 9.17) is 10.3 Å². The van der Waals surface area contributed by atoms with Crippen LogP contribution in [0.2, 0.25) is 0 Å². The van der Waals surface area contributed by atoms with E-state index in [-0.39, 0.29) is 0 Å². The second kappa shape index (κ2) is 3.53. The Kier molecular flexibility index (Phi) is 2.65. The molecule has 1 aromatic heterocycles. The van der Waals surface area contributed by atoms with Gasteiger partial charge in [0.2, 0.25) is 0 Å². The van der Waals surface area contributed by atoms with Crippen molar-refractivity contribution >= 4 is 0 Å². The average molecular weight is 154 g/mol. The lowest BCUT2D eigenvalue weighted by Gasteiger charge is -1.93. The predicted molar refractivity (Wildman–Crippen MR) is 43.4 cm³/mol. The molecule has 0 saturated carbocycles. The highest BCUT2D eigenvalue weighted by Gasteiger charge is 2.06. The largest absolute Gasteiger partial charge is 0.361 e. The van der Waals surface area contributed by atoms with Crippen molar-refractivity contribution in [3.8, 4) is 0 Å². The lowest BCUT2D eigenvalue weighted by Crippen LogP contribution is -2.00. The fourth-order valence-electron chi connectivity index (χ4n) is 0.958. The number of aromatic nitrogens is 1. The van der Waals surface area contributed by atoms with Crippen molar-refractivity contribution in [2.75, 3.05) is 6.54 Å². The molecular formula is C8H14N2O. The maximum absolute atomic E-state index is 5.37. The molecule has 0 fully saturated rings. The van der Waals surface area contributed by atoms with E-state index in [0.29, 0.717) is 6.54 Å². The molecule has 0 aliphatic heterocycles. The third-order valence-electron chi connectivity index (χ3n) is 1.86. The van der Waals surface area contributed by atoms with Crippen LogP contribution in [0.15, 0.2) is 4.52 Å². The number of nitrogens with zero attached hydrogens (tertiary/aromatic N) is 1. The lowest BCUT2D eigenvalue weighted by molar-refractivity contribution is 0.377. The first-order valence-electron chi connectivity index (χ1n) is 3.87. The minimum atomic E-state index is 0.708. The van der Waals surface area contributed by atoms with Gasteiger partial charge in [-0.15, -0.1) is 0 Å². The van der Waals surface area contributed by atoms with E-state index >= 15 is 0 Å². The Hall–Kier alpha value is -0.830. The van der Waals surface area contributed by atoms with Crippen molar-refractivity contribution in [1.29, 1.82) is 0 Å². The van der Waals surface area contributed by atoms with Gasteiger partial charge in [-0.05, 0) is 26.8 Å². The second-order valence-corrected chi connectivity index (χ2v) is 2.71. The van der Waals surface area contributed by atoms with Gasteiger partial charge in [-0.1, -0.05) is 5.16 Å². The topological polar surface area (TPSA) is 52.0 Å². The summed E-state index contributed by atoms with van der Waals surface area (Å²) in [6.07, 6.45) is 1.87. The molecule has 0 atom stereocenters. The maximum Gasteiger partial charge on any atom is 0.139 e. The number of hydrogen-bond donors (Lipinski definition) is 1. The van der Waals surface area contributed by atoms with Crippen LogP contribution in [0.25, 0.3) is 0 Å². The summed E-state index contributed by atoms with van der Waals surface area (Å²) in [6, 6.07) is 0. The number of hydrogen-bond acceptors (Lipinski definition) is 3. The van der Waals surface area contributed by atoms with Crippen LogP contribution in [-0.2, 0) is 6.42 Å². The molecular weight excluding hydrogens is 140 g/mol. The van der Waals surface area contributed by atoms with Crippen molar-refractivity contribution in [3.63, 3.8) is 0 Å². The molecule has 62 valence electrons. The molecule has 0 spiro atoms. The van der Waals surface area contributed by atoms with Crippen molar-refractivity contribution in [2.45, 2.75) is 26.7 Å². The molecule has 11 heavy (non-hydrogen) atoms. The summed E-state index contributed by atoms with van der Waals surface area (Å²) in [5, 5.41) is 3.85. The molecule has 0 aliphatic carbocycles. The molecule has 0 unspecified atom stereocenters. The highest BCUT2D eigenvalue weighted by molar-refractivity contribution is 5.19. The highest BCUT2D eigenvalue weighted by atomic mass is 16.5. The van der Waals surface area contributed by atoms with Gasteiger partial charge in [-0.25, -0.2) is 0 Å². The van der Waals surface area contributed by atoms with Crippen LogP contribution in [0, 0.1) is 13.8 Å². The smallest absolute Gasteiger partial charge is 0.139 e. The Balaban J connectivity index is 2.63. The first-order chi connectivity index (χ1) is 5.25. The Morgan fingerprint density at radius 2 is 2.18 bits per heavy atom. The molecule has 1 aromatic rings. The Bertz CT molecular complexity index is 230. The highest BCUT2D eigenvalue weighted by Crippen LogP contribution is 2.12. The van der Waals surface area contributed by atoms with E-state index in [1.54, 1.807) is 0 Å². The van der Waals surface area contributed by atoms with Crippen LogP contribution in [0.4, 0.5) is 0 Å². The van der Waals surface area contributed by atoms with Gasteiger partial charge in [-0.2, -0.15) is 0 Å². The minimum absolute atomic E-state index is 0.708. The van der Waals surface area contributed by atoms with E-state index in [1.807, 2.05) is 13.8 Å². The number of rotatable bonds is 3. The molecule has 0 aliphatic rings. The third kappa shape index (κ3) is 1.80. The van der Waals surface area contributed by atoms with Gasteiger partial charge >= 0.3 is 0 Å². The first-order valence-corrected chi connectivity index (χ1v) is 3.87. The van der Waals surface area contributed by atoms with E-state index < -0.39 is 0 Å². The monoisotopic (exact) mass is 154 g/mol. The molecule has 3 nitrogen and oxygen atoms in total.